The first-order chi connectivity index (χ1) is 9.91. The Balaban J connectivity index is 2.01. The lowest BCUT2D eigenvalue weighted by Gasteiger charge is -2.46. The van der Waals surface area contributed by atoms with Crippen molar-refractivity contribution in [1.82, 2.24) is 0 Å². The van der Waals surface area contributed by atoms with Gasteiger partial charge in [-0.3, -0.25) is 0 Å². The van der Waals surface area contributed by atoms with E-state index in [-0.39, 0.29) is 0 Å². The molecule has 0 radical (unpaired) electrons. The molecule has 4 atom stereocenters. The second kappa shape index (κ2) is 5.14. The lowest BCUT2D eigenvalue weighted by molar-refractivity contribution is 0.122. The number of rotatable bonds is 2. The summed E-state index contributed by atoms with van der Waals surface area (Å²) in [5.41, 5.74) is 5.41. The Morgan fingerprint density at radius 2 is 2.05 bits per heavy atom. The molecular formula is C21H32. The molecule has 0 N–H and O–H groups in total. The molecule has 21 heavy (non-hydrogen) atoms. The molecule has 2 saturated carbocycles. The maximum atomic E-state index is 4.39. The zero-order valence-electron chi connectivity index (χ0n) is 14.3. The minimum absolute atomic E-state index is 0.354. The molecule has 0 heterocycles. The Morgan fingerprint density at radius 3 is 2.71 bits per heavy atom. The maximum Gasteiger partial charge on any atom is -0.00786 e. The summed E-state index contributed by atoms with van der Waals surface area (Å²) >= 11 is 0. The first-order valence-corrected chi connectivity index (χ1v) is 8.96. The summed E-state index contributed by atoms with van der Waals surface area (Å²) in [7, 11) is 0. The van der Waals surface area contributed by atoms with Crippen LogP contribution < -0.4 is 0 Å². The van der Waals surface area contributed by atoms with Crippen molar-refractivity contribution in [2.45, 2.75) is 72.1 Å². The summed E-state index contributed by atoms with van der Waals surface area (Å²) in [4.78, 5) is 0. The van der Waals surface area contributed by atoms with Crippen LogP contribution in [0.1, 0.15) is 72.1 Å². The summed E-state index contributed by atoms with van der Waals surface area (Å²) in [5, 5.41) is 0. The Labute approximate surface area is 131 Å². The quantitative estimate of drug-likeness (QED) is 0.511. The van der Waals surface area contributed by atoms with Crippen LogP contribution in [0, 0.1) is 22.7 Å². The molecule has 0 nitrogen and oxygen atoms in total. The normalized spacial score (nSPS) is 42.8. The molecule has 0 aromatic heterocycles. The van der Waals surface area contributed by atoms with E-state index in [9.17, 15) is 0 Å². The highest BCUT2D eigenvalue weighted by atomic mass is 14.5. The van der Waals surface area contributed by atoms with E-state index in [1.54, 1.807) is 5.57 Å². The number of hydrogen-bond acceptors (Lipinski definition) is 0. The topological polar surface area (TPSA) is 0 Å². The fraction of sp³-hybridized carbons (Fsp3) is 0.714. The second-order valence-corrected chi connectivity index (χ2v) is 8.32. The number of fused-ring (bicyclic) bond motifs is 1. The minimum atomic E-state index is 0.354. The van der Waals surface area contributed by atoms with Gasteiger partial charge in [0.2, 0.25) is 0 Å². The highest BCUT2D eigenvalue weighted by molar-refractivity contribution is 5.33. The van der Waals surface area contributed by atoms with Crippen LogP contribution >= 0.6 is 0 Å². The molecule has 0 aromatic rings. The van der Waals surface area contributed by atoms with Crippen molar-refractivity contribution in [2.75, 3.05) is 0 Å². The Bertz CT molecular complexity index is 494. The molecule has 0 saturated heterocycles. The zero-order chi connectivity index (χ0) is 15.3. The van der Waals surface area contributed by atoms with E-state index in [2.05, 4.69) is 40.0 Å². The maximum absolute atomic E-state index is 4.39. The van der Waals surface area contributed by atoms with Crippen molar-refractivity contribution in [3.05, 3.63) is 36.0 Å². The highest BCUT2D eigenvalue weighted by Crippen LogP contribution is 2.62. The van der Waals surface area contributed by atoms with Gasteiger partial charge < -0.3 is 0 Å². The van der Waals surface area contributed by atoms with Gasteiger partial charge in [0.05, 0.1) is 0 Å². The lowest BCUT2D eigenvalue weighted by Crippen LogP contribution is -2.35. The minimum Gasteiger partial charge on any atom is -0.0996 e. The van der Waals surface area contributed by atoms with E-state index in [1.807, 2.05) is 0 Å². The summed E-state index contributed by atoms with van der Waals surface area (Å²) in [6.45, 7) is 15.8. The predicted octanol–water partition coefficient (Wildman–Crippen LogP) is 6.45. The van der Waals surface area contributed by atoms with Crippen LogP contribution in [-0.2, 0) is 0 Å². The van der Waals surface area contributed by atoms with Crippen LogP contribution in [0.15, 0.2) is 36.0 Å². The van der Waals surface area contributed by atoms with E-state index in [1.165, 1.54) is 62.5 Å². The van der Waals surface area contributed by atoms with Gasteiger partial charge in [-0.05, 0) is 74.5 Å². The van der Waals surface area contributed by atoms with E-state index in [0.29, 0.717) is 10.8 Å². The summed E-state index contributed by atoms with van der Waals surface area (Å²) in [6.07, 6.45) is 13.2. The second-order valence-electron chi connectivity index (χ2n) is 8.32. The molecule has 1 spiro atoms. The molecule has 4 unspecified atom stereocenters. The Morgan fingerprint density at radius 1 is 1.29 bits per heavy atom. The van der Waals surface area contributed by atoms with E-state index >= 15 is 0 Å². The van der Waals surface area contributed by atoms with Crippen LogP contribution in [0.4, 0.5) is 0 Å². The summed E-state index contributed by atoms with van der Waals surface area (Å²) in [6, 6.07) is 0. The molecule has 0 amide bonds. The van der Waals surface area contributed by atoms with Crippen molar-refractivity contribution < 1.29 is 0 Å². The van der Waals surface area contributed by atoms with Gasteiger partial charge in [-0.15, -0.1) is 0 Å². The van der Waals surface area contributed by atoms with Crippen LogP contribution in [0.3, 0.4) is 0 Å². The predicted molar refractivity (Wildman–Crippen MR) is 92.2 cm³/mol. The zero-order valence-corrected chi connectivity index (χ0v) is 14.3. The molecule has 2 bridgehead atoms. The molecule has 2 fully saturated rings. The Kier molecular flexibility index (Phi) is 3.71. The van der Waals surface area contributed by atoms with Crippen LogP contribution in [-0.4, -0.2) is 0 Å². The largest absolute Gasteiger partial charge is 0.0996 e. The molecule has 0 aliphatic heterocycles. The van der Waals surface area contributed by atoms with Crippen molar-refractivity contribution in [3.63, 3.8) is 0 Å². The SMILES string of the molecule is C=C1C=C2CCC3CC2(CC1)CCC(C)(C(=C)C)C3CC. The van der Waals surface area contributed by atoms with Crippen molar-refractivity contribution in [2.24, 2.45) is 22.7 Å². The van der Waals surface area contributed by atoms with Gasteiger partial charge in [0, 0.05) is 0 Å². The third kappa shape index (κ3) is 2.26. The van der Waals surface area contributed by atoms with Gasteiger partial charge in [0.1, 0.15) is 0 Å². The average Bonchev–Trinajstić information content (AvgIpc) is 2.55. The molecule has 0 heteroatoms. The standard InChI is InChI=1S/C21H32/c1-6-19-17-7-8-18-13-16(4)9-10-21(18,14-17)12-11-20(19,5)15(2)3/h13,17,19H,2,4,6-12,14H2,1,3,5H3. The average molecular weight is 284 g/mol. The summed E-state index contributed by atoms with van der Waals surface area (Å²) in [5.74, 6) is 1.74. The van der Waals surface area contributed by atoms with Crippen molar-refractivity contribution in [1.29, 1.82) is 0 Å². The lowest BCUT2D eigenvalue weighted by atomic mass is 9.58. The Hall–Kier alpha value is -0.780. The van der Waals surface area contributed by atoms with Gasteiger partial charge in [-0.1, -0.05) is 56.2 Å². The number of allylic oxidation sites excluding steroid dienone is 4. The molecule has 3 rings (SSSR count). The first-order valence-electron chi connectivity index (χ1n) is 8.96. The van der Waals surface area contributed by atoms with Gasteiger partial charge in [0.25, 0.3) is 0 Å². The fourth-order valence-electron chi connectivity index (χ4n) is 5.80. The molecule has 3 aliphatic carbocycles. The van der Waals surface area contributed by atoms with Crippen molar-refractivity contribution >= 4 is 0 Å². The molecular weight excluding hydrogens is 252 g/mol. The third-order valence-corrected chi connectivity index (χ3v) is 7.35. The van der Waals surface area contributed by atoms with Gasteiger partial charge >= 0.3 is 0 Å². The van der Waals surface area contributed by atoms with Crippen LogP contribution in [0.25, 0.3) is 0 Å². The highest BCUT2D eigenvalue weighted by Gasteiger charge is 2.50. The van der Waals surface area contributed by atoms with Gasteiger partial charge in [0.15, 0.2) is 0 Å². The molecule has 0 aromatic carbocycles. The van der Waals surface area contributed by atoms with E-state index in [0.717, 1.165) is 11.8 Å². The van der Waals surface area contributed by atoms with E-state index < -0.39 is 0 Å². The van der Waals surface area contributed by atoms with Gasteiger partial charge in [-0.25, -0.2) is 0 Å². The third-order valence-electron chi connectivity index (χ3n) is 7.35. The molecule has 3 aliphatic rings. The fourth-order valence-corrected chi connectivity index (χ4v) is 5.80. The first kappa shape index (κ1) is 15.1. The molecule has 116 valence electrons. The summed E-state index contributed by atoms with van der Waals surface area (Å²) < 4.78 is 0. The van der Waals surface area contributed by atoms with Gasteiger partial charge in [-0.2, -0.15) is 0 Å². The number of hydrogen-bond donors (Lipinski definition) is 0. The van der Waals surface area contributed by atoms with Crippen LogP contribution in [0.5, 0.6) is 0 Å². The van der Waals surface area contributed by atoms with E-state index in [4.69, 9.17) is 0 Å². The van der Waals surface area contributed by atoms with Crippen molar-refractivity contribution in [3.8, 4) is 0 Å². The monoisotopic (exact) mass is 284 g/mol. The van der Waals surface area contributed by atoms with Crippen LogP contribution in [0.2, 0.25) is 0 Å². The smallest absolute Gasteiger partial charge is 0.00786 e.